The van der Waals surface area contributed by atoms with Crippen molar-refractivity contribution in [1.29, 1.82) is 0 Å². The molecule has 7 nitrogen and oxygen atoms in total. The number of methoxy groups -OCH3 is 1. The standard InChI is InChI=1S/C23H18BrN3O4/c1-30-18-9-4-14(5-10-18)20-13-21-19-12-16(24)6-11-22(19)31-23(26(21)25-20)15-2-7-17(8-3-15)27(28)29/h2-12,21,23H,13H2,1H3/t21-,23+/m1/s1. The largest absolute Gasteiger partial charge is 0.497 e. The maximum absolute atomic E-state index is 11.0. The van der Waals surface area contributed by atoms with E-state index in [1.807, 2.05) is 41.4 Å². The van der Waals surface area contributed by atoms with Crippen LogP contribution in [-0.2, 0) is 0 Å². The molecule has 3 aromatic carbocycles. The zero-order valence-corrected chi connectivity index (χ0v) is 18.2. The molecule has 8 heteroatoms. The van der Waals surface area contributed by atoms with Gasteiger partial charge in [0, 0.05) is 34.2 Å². The van der Waals surface area contributed by atoms with Gasteiger partial charge in [-0.15, -0.1) is 0 Å². The second-order valence-electron chi connectivity index (χ2n) is 7.38. The highest BCUT2D eigenvalue weighted by molar-refractivity contribution is 9.10. The van der Waals surface area contributed by atoms with Gasteiger partial charge >= 0.3 is 0 Å². The van der Waals surface area contributed by atoms with Crippen molar-refractivity contribution in [3.8, 4) is 11.5 Å². The predicted molar refractivity (Wildman–Crippen MR) is 119 cm³/mol. The van der Waals surface area contributed by atoms with Crippen molar-refractivity contribution in [2.75, 3.05) is 7.11 Å². The molecule has 0 aliphatic carbocycles. The lowest BCUT2D eigenvalue weighted by molar-refractivity contribution is -0.384. The van der Waals surface area contributed by atoms with E-state index in [1.54, 1.807) is 19.2 Å². The first-order valence-corrected chi connectivity index (χ1v) is 10.5. The van der Waals surface area contributed by atoms with Gasteiger partial charge in [0.25, 0.3) is 5.69 Å². The first-order chi connectivity index (χ1) is 15.0. The molecule has 0 amide bonds. The van der Waals surface area contributed by atoms with Crippen LogP contribution in [-0.4, -0.2) is 22.8 Å². The van der Waals surface area contributed by atoms with Crippen LogP contribution in [0, 0.1) is 10.1 Å². The van der Waals surface area contributed by atoms with E-state index >= 15 is 0 Å². The summed E-state index contributed by atoms with van der Waals surface area (Å²) in [6, 6.07) is 20.2. The van der Waals surface area contributed by atoms with Gasteiger partial charge in [-0.2, -0.15) is 5.10 Å². The molecule has 156 valence electrons. The molecule has 31 heavy (non-hydrogen) atoms. The number of hydrogen-bond acceptors (Lipinski definition) is 6. The summed E-state index contributed by atoms with van der Waals surface area (Å²) in [4.78, 5) is 10.6. The van der Waals surface area contributed by atoms with Crippen molar-refractivity contribution in [2.45, 2.75) is 18.7 Å². The monoisotopic (exact) mass is 479 g/mol. The number of hydrogen-bond donors (Lipinski definition) is 0. The number of nitrogens with zero attached hydrogens (tertiary/aromatic N) is 3. The minimum Gasteiger partial charge on any atom is -0.497 e. The Balaban J connectivity index is 1.55. The second kappa shape index (κ2) is 7.70. The number of halogens is 1. The first kappa shape index (κ1) is 19.6. The molecular weight excluding hydrogens is 462 g/mol. The van der Waals surface area contributed by atoms with Crippen molar-refractivity contribution in [3.05, 3.63) is 98.0 Å². The number of nitro groups is 1. The van der Waals surface area contributed by atoms with Crippen LogP contribution in [0.3, 0.4) is 0 Å². The lowest BCUT2D eigenvalue weighted by Crippen LogP contribution is -2.33. The van der Waals surface area contributed by atoms with Crippen LogP contribution in [0.4, 0.5) is 5.69 Å². The molecule has 2 atom stereocenters. The fourth-order valence-corrected chi connectivity index (χ4v) is 4.38. The lowest BCUT2D eigenvalue weighted by Gasteiger charge is -2.38. The third kappa shape index (κ3) is 3.53. The van der Waals surface area contributed by atoms with E-state index in [2.05, 4.69) is 22.0 Å². The molecule has 0 N–H and O–H groups in total. The van der Waals surface area contributed by atoms with Crippen LogP contribution in [0.2, 0.25) is 0 Å². The molecule has 0 saturated carbocycles. The molecule has 3 aromatic rings. The number of rotatable bonds is 4. The Labute approximate surface area is 187 Å². The van der Waals surface area contributed by atoms with Crippen LogP contribution in [0.15, 0.2) is 76.3 Å². The van der Waals surface area contributed by atoms with E-state index in [4.69, 9.17) is 14.6 Å². The van der Waals surface area contributed by atoms with E-state index in [0.29, 0.717) is 0 Å². The Morgan fingerprint density at radius 1 is 1.13 bits per heavy atom. The van der Waals surface area contributed by atoms with Crippen molar-refractivity contribution < 1.29 is 14.4 Å². The average Bonchev–Trinajstić information content (AvgIpc) is 3.24. The van der Waals surface area contributed by atoms with Gasteiger partial charge in [0.05, 0.1) is 23.8 Å². The van der Waals surface area contributed by atoms with Crippen molar-refractivity contribution in [3.63, 3.8) is 0 Å². The van der Waals surface area contributed by atoms with Gasteiger partial charge in [-0.25, -0.2) is 5.01 Å². The fraction of sp³-hybridized carbons (Fsp3) is 0.174. The third-order valence-corrected chi connectivity index (χ3v) is 6.06. The molecular formula is C23H18BrN3O4. The molecule has 0 saturated heterocycles. The Morgan fingerprint density at radius 2 is 1.87 bits per heavy atom. The van der Waals surface area contributed by atoms with Gasteiger partial charge in [-0.3, -0.25) is 10.1 Å². The van der Waals surface area contributed by atoms with Gasteiger partial charge < -0.3 is 9.47 Å². The molecule has 2 aliphatic rings. The van der Waals surface area contributed by atoms with Crippen molar-refractivity contribution in [2.24, 2.45) is 5.10 Å². The summed E-state index contributed by atoms with van der Waals surface area (Å²) in [5.74, 6) is 1.58. The molecule has 2 aliphatic heterocycles. The number of hydrazone groups is 1. The molecule has 2 heterocycles. The highest BCUT2D eigenvalue weighted by Gasteiger charge is 2.41. The quantitative estimate of drug-likeness (QED) is 0.359. The van der Waals surface area contributed by atoms with E-state index < -0.39 is 11.2 Å². The minimum atomic E-state index is -0.477. The van der Waals surface area contributed by atoms with Gasteiger partial charge in [0.2, 0.25) is 6.23 Å². The number of fused-ring (bicyclic) bond motifs is 3. The highest BCUT2D eigenvalue weighted by atomic mass is 79.9. The highest BCUT2D eigenvalue weighted by Crippen LogP contribution is 2.48. The fourth-order valence-electron chi connectivity index (χ4n) is 4.00. The Bertz CT molecular complexity index is 1180. The van der Waals surface area contributed by atoms with Gasteiger partial charge in [0.15, 0.2) is 0 Å². The van der Waals surface area contributed by atoms with Crippen molar-refractivity contribution in [1.82, 2.24) is 5.01 Å². The maximum Gasteiger partial charge on any atom is 0.269 e. The summed E-state index contributed by atoms with van der Waals surface area (Å²) < 4.78 is 12.6. The Hall–Kier alpha value is -3.39. The summed E-state index contributed by atoms with van der Waals surface area (Å²) in [7, 11) is 1.64. The molecule has 0 unspecified atom stereocenters. The zero-order valence-electron chi connectivity index (χ0n) is 16.6. The molecule has 0 radical (unpaired) electrons. The van der Waals surface area contributed by atoms with Gasteiger partial charge in [0.1, 0.15) is 11.5 Å². The number of ether oxygens (including phenoxy) is 2. The normalized spacial score (nSPS) is 19.2. The van der Waals surface area contributed by atoms with Crippen LogP contribution < -0.4 is 9.47 Å². The third-order valence-electron chi connectivity index (χ3n) is 5.56. The average molecular weight is 480 g/mol. The maximum atomic E-state index is 11.0. The zero-order chi connectivity index (χ0) is 21.5. The first-order valence-electron chi connectivity index (χ1n) is 9.74. The Morgan fingerprint density at radius 3 is 2.55 bits per heavy atom. The van der Waals surface area contributed by atoms with Crippen LogP contribution in [0.5, 0.6) is 11.5 Å². The second-order valence-corrected chi connectivity index (χ2v) is 8.29. The minimum absolute atomic E-state index is 0.00135. The summed E-state index contributed by atoms with van der Waals surface area (Å²) in [6.45, 7) is 0. The van der Waals surface area contributed by atoms with Gasteiger partial charge in [-0.1, -0.05) is 15.9 Å². The van der Waals surface area contributed by atoms with E-state index in [1.165, 1.54) is 12.1 Å². The van der Waals surface area contributed by atoms with E-state index in [0.717, 1.165) is 44.8 Å². The molecule has 0 spiro atoms. The molecule has 0 fully saturated rings. The Kier molecular flexibility index (Phi) is 4.86. The number of nitro benzene ring substituents is 1. The molecule has 5 rings (SSSR count). The van der Waals surface area contributed by atoms with E-state index in [-0.39, 0.29) is 11.7 Å². The van der Waals surface area contributed by atoms with Crippen LogP contribution in [0.25, 0.3) is 0 Å². The summed E-state index contributed by atoms with van der Waals surface area (Å²) >= 11 is 3.56. The number of non-ortho nitro benzene ring substituents is 1. The van der Waals surface area contributed by atoms with Crippen LogP contribution in [0.1, 0.15) is 35.4 Å². The van der Waals surface area contributed by atoms with Crippen LogP contribution >= 0.6 is 15.9 Å². The van der Waals surface area contributed by atoms with E-state index in [9.17, 15) is 10.1 Å². The smallest absolute Gasteiger partial charge is 0.269 e. The summed E-state index contributed by atoms with van der Waals surface area (Å²) in [5.41, 5.74) is 3.89. The summed E-state index contributed by atoms with van der Waals surface area (Å²) in [5, 5.41) is 17.9. The number of benzene rings is 3. The van der Waals surface area contributed by atoms with Gasteiger partial charge in [-0.05, 0) is 60.2 Å². The predicted octanol–water partition coefficient (Wildman–Crippen LogP) is 5.61. The SMILES string of the molecule is COc1ccc(C2=NN3[C@H](C2)c2cc(Br)ccc2O[C@H]3c2ccc([N+](=O)[O-])cc2)cc1. The van der Waals surface area contributed by atoms with Crippen molar-refractivity contribution >= 4 is 27.3 Å². The molecule has 0 aromatic heterocycles. The summed E-state index contributed by atoms with van der Waals surface area (Å²) in [6.07, 6.45) is 0.248. The topological polar surface area (TPSA) is 77.2 Å². The lowest BCUT2D eigenvalue weighted by atomic mass is 9.96. The molecule has 0 bridgehead atoms.